The van der Waals surface area contributed by atoms with Crippen LogP contribution < -0.4 is 10.9 Å². The van der Waals surface area contributed by atoms with Crippen molar-refractivity contribution in [3.05, 3.63) is 28.7 Å². The average Bonchev–Trinajstić information content (AvgIpc) is 2.31. The predicted molar refractivity (Wildman–Crippen MR) is 69.6 cm³/mol. The fraction of sp³-hybridized carbons (Fsp3) is 0.500. The Hall–Kier alpha value is -1.29. The van der Waals surface area contributed by atoms with E-state index in [9.17, 15) is 9.59 Å². The molecular formula is C12H17ClN2O2. The van der Waals surface area contributed by atoms with Crippen LogP contribution in [0.15, 0.2) is 23.1 Å². The van der Waals surface area contributed by atoms with Crippen molar-refractivity contribution in [1.29, 1.82) is 0 Å². The predicted octanol–water partition coefficient (Wildman–Crippen LogP) is 2.22. The maximum absolute atomic E-state index is 11.5. The molecule has 0 fully saturated rings. The fourth-order valence-corrected chi connectivity index (χ4v) is 1.61. The SMILES string of the molecule is CCCn1cc(NC(=O)CCCCl)ccc1=O. The van der Waals surface area contributed by atoms with Gasteiger partial charge in [0.25, 0.3) is 5.56 Å². The molecule has 0 aliphatic rings. The van der Waals surface area contributed by atoms with Crippen LogP contribution in [0.1, 0.15) is 26.2 Å². The molecule has 0 aliphatic carbocycles. The van der Waals surface area contributed by atoms with Gasteiger partial charge in [0.1, 0.15) is 0 Å². The van der Waals surface area contributed by atoms with Crippen molar-refractivity contribution in [2.45, 2.75) is 32.7 Å². The standard InChI is InChI=1S/C12H17ClN2O2/c1-2-8-15-9-10(5-6-12(15)17)14-11(16)4-3-7-13/h5-6,9H,2-4,7-8H2,1H3,(H,14,16). The Balaban J connectivity index is 2.68. The lowest BCUT2D eigenvalue weighted by Gasteiger charge is -2.08. The van der Waals surface area contributed by atoms with E-state index >= 15 is 0 Å². The molecule has 4 nitrogen and oxygen atoms in total. The minimum Gasteiger partial charge on any atom is -0.325 e. The van der Waals surface area contributed by atoms with Crippen LogP contribution in [0.3, 0.4) is 0 Å². The first-order valence-electron chi connectivity index (χ1n) is 5.73. The van der Waals surface area contributed by atoms with E-state index in [2.05, 4.69) is 5.32 Å². The second-order valence-electron chi connectivity index (χ2n) is 3.79. The highest BCUT2D eigenvalue weighted by molar-refractivity contribution is 6.18. The second kappa shape index (κ2) is 7.12. The topological polar surface area (TPSA) is 51.1 Å². The third kappa shape index (κ3) is 4.61. The van der Waals surface area contributed by atoms with E-state index in [-0.39, 0.29) is 11.5 Å². The van der Waals surface area contributed by atoms with E-state index in [1.807, 2.05) is 6.92 Å². The van der Waals surface area contributed by atoms with E-state index in [1.165, 1.54) is 6.07 Å². The third-order valence-electron chi connectivity index (χ3n) is 2.27. The summed E-state index contributed by atoms with van der Waals surface area (Å²) >= 11 is 5.51. The molecule has 0 bridgehead atoms. The molecule has 1 heterocycles. The summed E-state index contributed by atoms with van der Waals surface area (Å²) in [6, 6.07) is 3.08. The summed E-state index contributed by atoms with van der Waals surface area (Å²) in [4.78, 5) is 22.9. The molecule has 0 aliphatic heterocycles. The molecular weight excluding hydrogens is 240 g/mol. The third-order valence-corrected chi connectivity index (χ3v) is 2.54. The molecule has 0 radical (unpaired) electrons. The number of carbonyl (C=O) groups is 1. The Bertz CT molecular complexity index is 429. The molecule has 1 aromatic rings. The van der Waals surface area contributed by atoms with Gasteiger partial charge in [0.2, 0.25) is 5.91 Å². The van der Waals surface area contributed by atoms with E-state index < -0.39 is 0 Å². The van der Waals surface area contributed by atoms with Crippen LogP contribution in [-0.2, 0) is 11.3 Å². The van der Waals surface area contributed by atoms with Gasteiger partial charge in [-0.2, -0.15) is 0 Å². The number of hydrogen-bond acceptors (Lipinski definition) is 2. The van der Waals surface area contributed by atoms with Crippen LogP contribution >= 0.6 is 11.6 Å². The first-order valence-corrected chi connectivity index (χ1v) is 6.27. The number of nitrogens with one attached hydrogen (secondary N) is 1. The van der Waals surface area contributed by atoms with Gasteiger partial charge in [0, 0.05) is 31.1 Å². The highest BCUT2D eigenvalue weighted by Gasteiger charge is 2.03. The molecule has 1 rings (SSSR count). The van der Waals surface area contributed by atoms with Gasteiger partial charge >= 0.3 is 0 Å². The Kier molecular flexibility index (Phi) is 5.77. The maximum Gasteiger partial charge on any atom is 0.250 e. The zero-order valence-electron chi connectivity index (χ0n) is 9.91. The molecule has 0 atom stereocenters. The molecule has 0 saturated heterocycles. The molecule has 0 unspecified atom stereocenters. The van der Waals surface area contributed by atoms with Crippen LogP contribution in [0.4, 0.5) is 5.69 Å². The summed E-state index contributed by atoms with van der Waals surface area (Å²) in [5, 5.41) is 2.75. The van der Waals surface area contributed by atoms with Gasteiger partial charge < -0.3 is 9.88 Å². The van der Waals surface area contributed by atoms with Gasteiger partial charge in [-0.3, -0.25) is 9.59 Å². The van der Waals surface area contributed by atoms with Gasteiger partial charge in [-0.15, -0.1) is 11.6 Å². The largest absolute Gasteiger partial charge is 0.325 e. The lowest BCUT2D eigenvalue weighted by atomic mass is 10.3. The van der Waals surface area contributed by atoms with E-state index in [0.29, 0.717) is 31.0 Å². The van der Waals surface area contributed by atoms with E-state index in [1.54, 1.807) is 16.8 Å². The summed E-state index contributed by atoms with van der Waals surface area (Å²) in [6.45, 7) is 2.66. The normalized spacial score (nSPS) is 10.2. The van der Waals surface area contributed by atoms with Crippen molar-refractivity contribution >= 4 is 23.2 Å². The monoisotopic (exact) mass is 256 g/mol. The molecule has 1 amide bonds. The highest BCUT2D eigenvalue weighted by Crippen LogP contribution is 2.05. The van der Waals surface area contributed by atoms with Crippen molar-refractivity contribution in [3.63, 3.8) is 0 Å². The lowest BCUT2D eigenvalue weighted by Crippen LogP contribution is -2.20. The summed E-state index contributed by atoms with van der Waals surface area (Å²) in [6.07, 6.45) is 3.60. The van der Waals surface area contributed by atoms with Crippen LogP contribution in [0.25, 0.3) is 0 Å². The zero-order chi connectivity index (χ0) is 12.7. The van der Waals surface area contributed by atoms with Crippen molar-refractivity contribution in [2.75, 3.05) is 11.2 Å². The number of aromatic nitrogens is 1. The second-order valence-corrected chi connectivity index (χ2v) is 4.17. The molecule has 0 spiro atoms. The molecule has 5 heteroatoms. The van der Waals surface area contributed by atoms with Crippen molar-refractivity contribution in [3.8, 4) is 0 Å². The number of aryl methyl sites for hydroxylation is 1. The number of carbonyl (C=O) groups excluding carboxylic acids is 1. The quantitative estimate of drug-likeness (QED) is 0.794. The van der Waals surface area contributed by atoms with Crippen molar-refractivity contribution in [2.24, 2.45) is 0 Å². The number of hydrogen-bond donors (Lipinski definition) is 1. The van der Waals surface area contributed by atoms with Gasteiger partial charge in [0.05, 0.1) is 5.69 Å². The Morgan fingerprint density at radius 3 is 2.88 bits per heavy atom. The first kappa shape index (κ1) is 13.8. The molecule has 0 saturated carbocycles. The lowest BCUT2D eigenvalue weighted by molar-refractivity contribution is -0.116. The minimum atomic E-state index is -0.0765. The zero-order valence-corrected chi connectivity index (χ0v) is 10.7. The van der Waals surface area contributed by atoms with Crippen molar-refractivity contribution in [1.82, 2.24) is 4.57 Å². The number of anilines is 1. The average molecular weight is 257 g/mol. The Labute approximate surface area is 106 Å². The van der Waals surface area contributed by atoms with Crippen LogP contribution in [0.2, 0.25) is 0 Å². The number of nitrogens with zero attached hydrogens (tertiary/aromatic N) is 1. The first-order chi connectivity index (χ1) is 8.17. The minimum absolute atomic E-state index is 0.0504. The number of amides is 1. The summed E-state index contributed by atoms with van der Waals surface area (Å²) in [7, 11) is 0. The number of pyridine rings is 1. The number of alkyl halides is 1. The van der Waals surface area contributed by atoms with Crippen LogP contribution in [0.5, 0.6) is 0 Å². The Morgan fingerprint density at radius 2 is 2.24 bits per heavy atom. The van der Waals surface area contributed by atoms with Gasteiger partial charge in [0.15, 0.2) is 0 Å². The van der Waals surface area contributed by atoms with Crippen LogP contribution in [-0.4, -0.2) is 16.4 Å². The molecule has 1 N–H and O–H groups in total. The summed E-state index contributed by atoms with van der Waals surface area (Å²) in [5.41, 5.74) is 0.600. The molecule has 1 aromatic heterocycles. The smallest absolute Gasteiger partial charge is 0.250 e. The number of halogens is 1. The number of rotatable bonds is 6. The van der Waals surface area contributed by atoms with Gasteiger partial charge in [-0.1, -0.05) is 6.92 Å². The summed E-state index contributed by atoms with van der Waals surface area (Å²) in [5.74, 6) is 0.398. The van der Waals surface area contributed by atoms with E-state index in [4.69, 9.17) is 11.6 Å². The fourth-order valence-electron chi connectivity index (χ4n) is 1.47. The van der Waals surface area contributed by atoms with E-state index in [0.717, 1.165) is 6.42 Å². The van der Waals surface area contributed by atoms with Gasteiger partial charge in [-0.25, -0.2) is 0 Å². The van der Waals surface area contributed by atoms with Gasteiger partial charge in [-0.05, 0) is 18.9 Å². The molecule has 0 aromatic carbocycles. The molecule has 17 heavy (non-hydrogen) atoms. The summed E-state index contributed by atoms with van der Waals surface area (Å²) < 4.78 is 1.59. The highest BCUT2D eigenvalue weighted by atomic mass is 35.5. The Morgan fingerprint density at radius 1 is 1.47 bits per heavy atom. The van der Waals surface area contributed by atoms with Crippen LogP contribution in [0, 0.1) is 0 Å². The maximum atomic E-state index is 11.5. The molecule has 94 valence electrons. The van der Waals surface area contributed by atoms with Crippen molar-refractivity contribution < 1.29 is 4.79 Å².